The first kappa shape index (κ1) is 14.9. The van der Waals surface area contributed by atoms with E-state index >= 15 is 0 Å². The van der Waals surface area contributed by atoms with Crippen LogP contribution in [-0.4, -0.2) is 61.3 Å². The summed E-state index contributed by atoms with van der Waals surface area (Å²) in [5.74, 6) is -0.880. The maximum absolute atomic E-state index is 12.0. The average molecular weight is 300 g/mol. The lowest BCUT2D eigenvalue weighted by molar-refractivity contribution is -0.141. The second-order valence-electron chi connectivity index (χ2n) is 4.32. The summed E-state index contributed by atoms with van der Waals surface area (Å²) in [6.45, 7) is 2.15. The van der Waals surface area contributed by atoms with Gasteiger partial charge in [0.15, 0.2) is 0 Å². The lowest BCUT2D eigenvalue weighted by atomic mass is 10.3. The normalized spacial score (nSPS) is 24.6. The summed E-state index contributed by atoms with van der Waals surface area (Å²) in [7, 11) is 1.28. The number of morpholine rings is 1. The van der Waals surface area contributed by atoms with E-state index in [9.17, 15) is 14.4 Å². The Labute approximate surface area is 120 Å². The van der Waals surface area contributed by atoms with Crippen molar-refractivity contribution < 1.29 is 23.9 Å². The first-order valence-corrected chi connectivity index (χ1v) is 7.11. The average Bonchev–Trinajstić information content (AvgIpc) is 2.79. The Morgan fingerprint density at radius 2 is 2.20 bits per heavy atom. The number of carbonyl (C=O) groups excluding carboxylic acids is 3. The molecule has 0 saturated carbocycles. The molecule has 0 unspecified atom stereocenters. The molecule has 2 saturated heterocycles. The molecule has 0 aromatic rings. The molecule has 2 rings (SSSR count). The van der Waals surface area contributed by atoms with Crippen LogP contribution in [0.15, 0.2) is 11.1 Å². The fraction of sp³-hybridized carbons (Fsp3) is 0.583. The van der Waals surface area contributed by atoms with Crippen molar-refractivity contribution in [3.8, 4) is 0 Å². The fourth-order valence-corrected chi connectivity index (χ4v) is 2.88. The molecule has 0 aromatic heterocycles. The highest BCUT2D eigenvalue weighted by Crippen LogP contribution is 2.29. The largest absolute Gasteiger partial charge is 0.469 e. The summed E-state index contributed by atoms with van der Waals surface area (Å²) in [6.07, 6.45) is 1.39. The molecule has 7 nitrogen and oxygen atoms in total. The Morgan fingerprint density at radius 1 is 1.50 bits per heavy atom. The van der Waals surface area contributed by atoms with E-state index in [0.717, 1.165) is 0 Å². The number of ether oxygens (including phenoxy) is 2. The van der Waals surface area contributed by atoms with Crippen LogP contribution >= 0.6 is 11.8 Å². The summed E-state index contributed by atoms with van der Waals surface area (Å²) in [5, 5.41) is 2.54. The van der Waals surface area contributed by atoms with Crippen LogP contribution in [0.3, 0.4) is 0 Å². The molecule has 0 radical (unpaired) electrons. The number of carbonyl (C=O) groups is 3. The molecule has 2 heterocycles. The second kappa shape index (κ2) is 6.76. The molecule has 0 spiro atoms. The zero-order chi connectivity index (χ0) is 14.5. The first-order chi connectivity index (χ1) is 9.60. The van der Waals surface area contributed by atoms with E-state index in [1.807, 2.05) is 0 Å². The molecule has 2 amide bonds. The molecule has 8 heteroatoms. The summed E-state index contributed by atoms with van der Waals surface area (Å²) < 4.78 is 9.70. The summed E-state index contributed by atoms with van der Waals surface area (Å²) in [4.78, 5) is 36.5. The van der Waals surface area contributed by atoms with Crippen molar-refractivity contribution in [3.05, 3.63) is 11.1 Å². The molecule has 1 atom stereocenters. The van der Waals surface area contributed by atoms with E-state index in [4.69, 9.17) is 4.74 Å². The Hall–Kier alpha value is -1.54. The number of hydrogen-bond acceptors (Lipinski definition) is 6. The SMILES string of the molecule is COC(=O)C[C@H]1S/C(=C/C(=O)N2CCOCC2)NC1=O. The van der Waals surface area contributed by atoms with Crippen molar-refractivity contribution in [2.45, 2.75) is 11.7 Å². The number of thioether (sulfide) groups is 1. The van der Waals surface area contributed by atoms with Crippen LogP contribution in [0.4, 0.5) is 0 Å². The van der Waals surface area contributed by atoms with E-state index in [0.29, 0.717) is 31.3 Å². The van der Waals surface area contributed by atoms with Gasteiger partial charge in [0, 0.05) is 19.2 Å². The molecule has 0 bridgehead atoms. The zero-order valence-electron chi connectivity index (χ0n) is 11.1. The third-order valence-corrected chi connectivity index (χ3v) is 4.10. The highest BCUT2D eigenvalue weighted by atomic mass is 32.2. The molecule has 0 aliphatic carbocycles. The maximum atomic E-state index is 12.0. The number of methoxy groups -OCH3 is 1. The number of esters is 1. The molecule has 20 heavy (non-hydrogen) atoms. The van der Waals surface area contributed by atoms with Crippen LogP contribution in [0.2, 0.25) is 0 Å². The van der Waals surface area contributed by atoms with Gasteiger partial charge in [0.2, 0.25) is 11.8 Å². The van der Waals surface area contributed by atoms with Gasteiger partial charge in [-0.3, -0.25) is 14.4 Å². The van der Waals surface area contributed by atoms with Gasteiger partial charge >= 0.3 is 5.97 Å². The van der Waals surface area contributed by atoms with Gasteiger partial charge in [-0.1, -0.05) is 11.8 Å². The zero-order valence-corrected chi connectivity index (χ0v) is 11.9. The van der Waals surface area contributed by atoms with Crippen molar-refractivity contribution in [2.24, 2.45) is 0 Å². The smallest absolute Gasteiger partial charge is 0.307 e. The molecule has 2 fully saturated rings. The van der Waals surface area contributed by atoms with Crippen molar-refractivity contribution in [3.63, 3.8) is 0 Å². The topological polar surface area (TPSA) is 84.9 Å². The van der Waals surface area contributed by atoms with Crippen molar-refractivity contribution in [1.82, 2.24) is 10.2 Å². The lowest BCUT2D eigenvalue weighted by Crippen LogP contribution is -2.40. The summed E-state index contributed by atoms with van der Waals surface area (Å²) in [5.41, 5.74) is 0. The Bertz CT molecular complexity index is 445. The van der Waals surface area contributed by atoms with E-state index < -0.39 is 11.2 Å². The number of nitrogens with one attached hydrogen (secondary N) is 1. The fourth-order valence-electron chi connectivity index (χ4n) is 1.86. The van der Waals surface area contributed by atoms with Gasteiger partial charge in [-0.2, -0.15) is 0 Å². The predicted molar refractivity (Wildman–Crippen MR) is 71.6 cm³/mol. The van der Waals surface area contributed by atoms with Crippen LogP contribution in [0.1, 0.15) is 6.42 Å². The van der Waals surface area contributed by atoms with Crippen LogP contribution in [0.5, 0.6) is 0 Å². The molecule has 1 N–H and O–H groups in total. The van der Waals surface area contributed by atoms with Gasteiger partial charge < -0.3 is 19.7 Å². The standard InChI is InChI=1S/C12H16N2O5S/c1-18-11(16)6-8-12(17)13-9(20-8)7-10(15)14-2-4-19-5-3-14/h7-8H,2-6H2,1H3,(H,13,17)/b9-7+/t8-/m1/s1. The predicted octanol–water partition coefficient (Wildman–Crippen LogP) is -0.519. The van der Waals surface area contributed by atoms with Gasteiger partial charge in [-0.05, 0) is 0 Å². The third-order valence-electron chi connectivity index (χ3n) is 2.97. The monoisotopic (exact) mass is 300 g/mol. The number of nitrogens with zero attached hydrogens (tertiary/aromatic N) is 1. The molecule has 110 valence electrons. The maximum Gasteiger partial charge on any atom is 0.307 e. The highest BCUT2D eigenvalue weighted by Gasteiger charge is 2.32. The first-order valence-electron chi connectivity index (χ1n) is 6.23. The highest BCUT2D eigenvalue weighted by molar-refractivity contribution is 8.04. The molecule has 0 aromatic carbocycles. The number of hydrogen-bond donors (Lipinski definition) is 1. The van der Waals surface area contributed by atoms with Crippen LogP contribution in [-0.2, 0) is 23.9 Å². The van der Waals surface area contributed by atoms with Gasteiger partial charge in [0.1, 0.15) is 5.25 Å². The number of amides is 2. The minimum Gasteiger partial charge on any atom is -0.469 e. The van der Waals surface area contributed by atoms with E-state index in [2.05, 4.69) is 10.1 Å². The summed E-state index contributed by atoms with van der Waals surface area (Å²) in [6, 6.07) is 0. The third kappa shape index (κ3) is 3.73. The lowest BCUT2D eigenvalue weighted by Gasteiger charge is -2.25. The molecular weight excluding hydrogens is 284 g/mol. The quantitative estimate of drug-likeness (QED) is 0.558. The van der Waals surface area contributed by atoms with Crippen molar-refractivity contribution >= 4 is 29.5 Å². The molecule has 2 aliphatic rings. The Kier molecular flexibility index (Phi) is 5.02. The minimum absolute atomic E-state index is 0.00388. The van der Waals surface area contributed by atoms with Crippen molar-refractivity contribution in [2.75, 3.05) is 33.4 Å². The van der Waals surface area contributed by atoms with Crippen LogP contribution in [0, 0.1) is 0 Å². The van der Waals surface area contributed by atoms with Gasteiger partial charge in [0.05, 0.1) is 31.8 Å². The van der Waals surface area contributed by atoms with Crippen molar-refractivity contribution in [1.29, 1.82) is 0 Å². The van der Waals surface area contributed by atoms with Crippen LogP contribution in [0.25, 0.3) is 0 Å². The van der Waals surface area contributed by atoms with E-state index in [1.165, 1.54) is 24.9 Å². The number of rotatable bonds is 3. The van der Waals surface area contributed by atoms with E-state index in [1.54, 1.807) is 4.90 Å². The van der Waals surface area contributed by atoms with Gasteiger partial charge in [-0.25, -0.2) is 0 Å². The molecular formula is C12H16N2O5S. The van der Waals surface area contributed by atoms with Crippen LogP contribution < -0.4 is 5.32 Å². The minimum atomic E-state index is -0.536. The van der Waals surface area contributed by atoms with E-state index in [-0.39, 0.29) is 18.2 Å². The van der Waals surface area contributed by atoms with Gasteiger partial charge in [-0.15, -0.1) is 0 Å². The Morgan fingerprint density at radius 3 is 2.85 bits per heavy atom. The summed E-state index contributed by atoms with van der Waals surface area (Å²) >= 11 is 1.18. The second-order valence-corrected chi connectivity index (χ2v) is 5.57. The van der Waals surface area contributed by atoms with Gasteiger partial charge in [0.25, 0.3) is 0 Å². The Balaban J connectivity index is 1.93. The molecule has 2 aliphatic heterocycles.